The molecule has 2 heterocycles. The van der Waals surface area contributed by atoms with Gasteiger partial charge in [-0.05, 0) is 6.08 Å². The van der Waals surface area contributed by atoms with Crippen molar-refractivity contribution in [3.63, 3.8) is 0 Å². The predicted molar refractivity (Wildman–Crippen MR) is 67.4 cm³/mol. The first-order chi connectivity index (χ1) is 9.13. The molecule has 0 fully saturated rings. The van der Waals surface area contributed by atoms with E-state index in [-0.39, 0.29) is 12.5 Å². The highest BCUT2D eigenvalue weighted by atomic mass is 32.1. The van der Waals surface area contributed by atoms with Gasteiger partial charge in [-0.25, -0.2) is 14.5 Å². The summed E-state index contributed by atoms with van der Waals surface area (Å²) in [7, 11) is 0. The van der Waals surface area contributed by atoms with Gasteiger partial charge in [-0.1, -0.05) is 16.6 Å². The van der Waals surface area contributed by atoms with Crippen molar-refractivity contribution in [1.82, 2.24) is 20.0 Å². The first kappa shape index (κ1) is 12.9. The molecule has 0 aliphatic carbocycles. The van der Waals surface area contributed by atoms with E-state index in [0.717, 1.165) is 6.08 Å². The average molecular weight is 279 g/mol. The highest BCUT2D eigenvalue weighted by Gasteiger charge is 2.07. The molecule has 0 atom stereocenters. The number of nitrogens with zero attached hydrogens (tertiary/aromatic N) is 4. The summed E-state index contributed by atoms with van der Waals surface area (Å²) in [6, 6.07) is 0. The number of carbonyl (C=O) groups is 2. The van der Waals surface area contributed by atoms with E-state index in [9.17, 15) is 9.59 Å². The topological polar surface area (TPSA) is 110 Å². The molecule has 0 spiro atoms. The van der Waals surface area contributed by atoms with Crippen molar-refractivity contribution >= 4 is 34.4 Å². The number of rotatable bonds is 5. The molecule has 0 aromatic carbocycles. The second-order valence-corrected chi connectivity index (χ2v) is 4.45. The van der Waals surface area contributed by atoms with Crippen LogP contribution in [-0.2, 0) is 16.1 Å². The maximum Gasteiger partial charge on any atom is 0.328 e. The van der Waals surface area contributed by atoms with E-state index in [4.69, 9.17) is 5.11 Å². The van der Waals surface area contributed by atoms with Crippen molar-refractivity contribution in [3.05, 3.63) is 29.5 Å². The Labute approximate surface area is 111 Å². The van der Waals surface area contributed by atoms with E-state index in [1.807, 2.05) is 0 Å². The summed E-state index contributed by atoms with van der Waals surface area (Å²) >= 11 is 1.18. The fourth-order valence-corrected chi connectivity index (χ4v) is 1.93. The number of anilines is 1. The molecule has 0 bridgehead atoms. The van der Waals surface area contributed by atoms with Crippen molar-refractivity contribution in [3.8, 4) is 0 Å². The molecule has 2 aromatic rings. The summed E-state index contributed by atoms with van der Waals surface area (Å²) in [5.41, 5.74) is 0. The van der Waals surface area contributed by atoms with Crippen LogP contribution in [-0.4, -0.2) is 37.0 Å². The highest BCUT2D eigenvalue weighted by Crippen LogP contribution is 2.19. The van der Waals surface area contributed by atoms with Gasteiger partial charge in [0.2, 0.25) is 5.91 Å². The zero-order valence-electron chi connectivity index (χ0n) is 9.55. The average Bonchev–Trinajstić information content (AvgIpc) is 2.98. The van der Waals surface area contributed by atoms with E-state index < -0.39 is 5.97 Å². The van der Waals surface area contributed by atoms with Gasteiger partial charge >= 0.3 is 5.97 Å². The van der Waals surface area contributed by atoms with Crippen LogP contribution in [0.1, 0.15) is 4.88 Å². The minimum atomic E-state index is -1.04. The monoisotopic (exact) mass is 279 g/mol. The molecule has 98 valence electrons. The summed E-state index contributed by atoms with van der Waals surface area (Å²) in [6.45, 7) is 0.0415. The third-order valence-electron chi connectivity index (χ3n) is 1.94. The third-order valence-corrected chi connectivity index (χ3v) is 2.82. The second kappa shape index (κ2) is 5.87. The minimum absolute atomic E-state index is 0.0415. The maximum atomic E-state index is 11.6. The van der Waals surface area contributed by atoms with Gasteiger partial charge in [0.1, 0.15) is 6.54 Å². The zero-order valence-corrected chi connectivity index (χ0v) is 10.4. The van der Waals surface area contributed by atoms with E-state index in [1.54, 1.807) is 6.20 Å². The van der Waals surface area contributed by atoms with Crippen molar-refractivity contribution in [1.29, 1.82) is 0 Å². The van der Waals surface area contributed by atoms with E-state index >= 15 is 0 Å². The van der Waals surface area contributed by atoms with Crippen LogP contribution in [0.5, 0.6) is 0 Å². The lowest BCUT2D eigenvalue weighted by Crippen LogP contribution is -2.18. The Kier molecular flexibility index (Phi) is 3.98. The molecule has 2 aromatic heterocycles. The van der Waals surface area contributed by atoms with Crippen LogP contribution in [0.3, 0.4) is 0 Å². The molecule has 0 aliphatic heterocycles. The van der Waals surface area contributed by atoms with Gasteiger partial charge in [-0.3, -0.25) is 4.79 Å². The predicted octanol–water partition coefficient (Wildman–Crippen LogP) is 0.471. The van der Waals surface area contributed by atoms with Crippen LogP contribution in [0, 0.1) is 0 Å². The molecular weight excluding hydrogens is 270 g/mol. The third kappa shape index (κ3) is 4.00. The van der Waals surface area contributed by atoms with Crippen LogP contribution >= 0.6 is 11.3 Å². The number of aliphatic carboxylic acids is 1. The molecule has 0 saturated carbocycles. The summed E-state index contributed by atoms with van der Waals surface area (Å²) in [5.74, 6) is -1.32. The van der Waals surface area contributed by atoms with Gasteiger partial charge in [-0.15, -0.1) is 5.10 Å². The van der Waals surface area contributed by atoms with Gasteiger partial charge in [-0.2, -0.15) is 0 Å². The van der Waals surface area contributed by atoms with Gasteiger partial charge in [0.25, 0.3) is 0 Å². The Bertz CT molecular complexity index is 604. The zero-order chi connectivity index (χ0) is 13.7. The van der Waals surface area contributed by atoms with Crippen LogP contribution in [0.25, 0.3) is 6.08 Å². The normalized spacial score (nSPS) is 10.7. The number of carbonyl (C=O) groups excluding carboxylic acids is 1. The quantitative estimate of drug-likeness (QED) is 0.770. The lowest BCUT2D eigenvalue weighted by atomic mass is 10.4. The summed E-state index contributed by atoms with van der Waals surface area (Å²) < 4.78 is 1.38. The Morgan fingerprint density at radius 3 is 3.05 bits per heavy atom. The number of hydrogen-bond acceptors (Lipinski definition) is 6. The molecule has 0 radical (unpaired) electrons. The fraction of sp³-hybridized carbons (Fsp3) is 0.100. The number of nitrogens with one attached hydrogen (secondary N) is 1. The SMILES string of the molecule is O=C(O)/C=C/c1cnc(NC(=O)Cn2ccnn2)s1. The van der Waals surface area contributed by atoms with Gasteiger partial charge in [0.15, 0.2) is 5.13 Å². The number of carboxylic acids is 1. The number of hydrogen-bond donors (Lipinski definition) is 2. The fourth-order valence-electron chi connectivity index (χ4n) is 1.20. The highest BCUT2D eigenvalue weighted by molar-refractivity contribution is 7.16. The lowest BCUT2D eigenvalue weighted by Gasteiger charge is -2.00. The summed E-state index contributed by atoms with van der Waals surface area (Å²) in [6.07, 6.45) is 6.95. The molecule has 9 heteroatoms. The smallest absolute Gasteiger partial charge is 0.328 e. The Morgan fingerprint density at radius 2 is 2.37 bits per heavy atom. The van der Waals surface area contributed by atoms with Crippen molar-refractivity contribution in [2.75, 3.05) is 5.32 Å². The molecular formula is C10H9N5O3S. The number of aromatic nitrogens is 4. The van der Waals surface area contributed by atoms with Gasteiger partial charge < -0.3 is 10.4 Å². The molecule has 2 rings (SSSR count). The molecule has 19 heavy (non-hydrogen) atoms. The molecule has 0 aliphatic rings. The van der Waals surface area contributed by atoms with E-state index in [1.165, 1.54) is 34.5 Å². The molecule has 1 amide bonds. The maximum absolute atomic E-state index is 11.6. The molecule has 2 N–H and O–H groups in total. The standard InChI is InChI=1S/C10H9N5O3S/c16-8(6-15-4-3-12-14-15)13-10-11-5-7(19-10)1-2-9(17)18/h1-5H,6H2,(H,17,18)(H,11,13,16)/b2-1+. The lowest BCUT2D eigenvalue weighted by molar-refractivity contribution is -0.131. The van der Waals surface area contributed by atoms with Crippen molar-refractivity contribution in [2.45, 2.75) is 6.54 Å². The summed E-state index contributed by atoms with van der Waals surface area (Å²) in [4.78, 5) is 26.6. The number of carboxylic acid groups (broad SMARTS) is 1. The molecule has 8 nitrogen and oxygen atoms in total. The Hall–Kier alpha value is -2.55. The molecule has 0 saturated heterocycles. The Morgan fingerprint density at radius 1 is 1.53 bits per heavy atom. The first-order valence-corrected chi connectivity index (χ1v) is 5.96. The summed E-state index contributed by atoms with van der Waals surface area (Å²) in [5, 5.41) is 18.7. The van der Waals surface area contributed by atoms with Crippen molar-refractivity contribution < 1.29 is 14.7 Å². The number of thiazole rings is 1. The van der Waals surface area contributed by atoms with E-state index in [0.29, 0.717) is 10.0 Å². The second-order valence-electron chi connectivity index (χ2n) is 3.39. The largest absolute Gasteiger partial charge is 0.478 e. The molecule has 0 unspecified atom stereocenters. The Balaban J connectivity index is 1.92. The van der Waals surface area contributed by atoms with Crippen LogP contribution in [0.15, 0.2) is 24.7 Å². The number of amides is 1. The van der Waals surface area contributed by atoms with Crippen LogP contribution in [0.2, 0.25) is 0 Å². The van der Waals surface area contributed by atoms with Crippen LogP contribution in [0.4, 0.5) is 5.13 Å². The van der Waals surface area contributed by atoms with E-state index in [2.05, 4.69) is 20.6 Å². The van der Waals surface area contributed by atoms with Crippen LogP contribution < -0.4 is 5.32 Å². The minimum Gasteiger partial charge on any atom is -0.478 e. The van der Waals surface area contributed by atoms with Crippen molar-refractivity contribution in [2.24, 2.45) is 0 Å². The van der Waals surface area contributed by atoms with Gasteiger partial charge in [0, 0.05) is 23.3 Å². The van der Waals surface area contributed by atoms with Gasteiger partial charge in [0.05, 0.1) is 6.20 Å². The first-order valence-electron chi connectivity index (χ1n) is 5.14.